The number of aromatic nitrogens is 3. The van der Waals surface area contributed by atoms with Gasteiger partial charge in [0.2, 0.25) is 11.8 Å². The fraction of sp³-hybridized carbons (Fsp3) is 0.350. The quantitative estimate of drug-likeness (QED) is 0.726. The van der Waals surface area contributed by atoms with Gasteiger partial charge in [0.15, 0.2) is 0 Å². The molecule has 0 bridgehead atoms. The van der Waals surface area contributed by atoms with Crippen molar-refractivity contribution in [2.24, 2.45) is 0 Å². The van der Waals surface area contributed by atoms with Crippen molar-refractivity contribution < 1.29 is 9.53 Å². The van der Waals surface area contributed by atoms with E-state index >= 15 is 0 Å². The number of likely N-dealkylation sites (tertiary alicyclic amines) is 1. The number of ether oxygens (including phenoxy) is 1. The Morgan fingerprint density at radius 2 is 2.00 bits per heavy atom. The number of piperidine rings is 1. The minimum atomic E-state index is 0.0979. The van der Waals surface area contributed by atoms with Crippen LogP contribution in [0.2, 0.25) is 0 Å². The molecule has 0 spiro atoms. The molecule has 1 fully saturated rings. The third-order valence-corrected chi connectivity index (χ3v) is 4.82. The largest absolute Gasteiger partial charge is 0.474 e. The monoisotopic (exact) mass is 350 g/mol. The van der Waals surface area contributed by atoms with Crippen molar-refractivity contribution in [2.75, 3.05) is 13.1 Å². The minimum Gasteiger partial charge on any atom is -0.474 e. The van der Waals surface area contributed by atoms with Crippen LogP contribution in [0.5, 0.6) is 5.88 Å². The average Bonchev–Trinajstić information content (AvgIpc) is 3.05. The first-order chi connectivity index (χ1) is 12.7. The summed E-state index contributed by atoms with van der Waals surface area (Å²) in [7, 11) is 0. The summed E-state index contributed by atoms with van der Waals surface area (Å²) in [6, 6.07) is 12.0. The summed E-state index contributed by atoms with van der Waals surface area (Å²) >= 11 is 0. The third-order valence-electron chi connectivity index (χ3n) is 4.82. The first-order valence-corrected chi connectivity index (χ1v) is 8.97. The number of fused-ring (bicyclic) bond motifs is 1. The van der Waals surface area contributed by atoms with Crippen LogP contribution in [0.15, 0.2) is 48.8 Å². The Labute approximate surface area is 152 Å². The molecule has 0 radical (unpaired) electrons. The van der Waals surface area contributed by atoms with Crippen LogP contribution in [0, 0.1) is 6.92 Å². The molecule has 2 aromatic heterocycles. The Morgan fingerprint density at radius 1 is 1.19 bits per heavy atom. The molecule has 6 nitrogen and oxygen atoms in total. The zero-order valence-corrected chi connectivity index (χ0v) is 14.8. The number of carbonyl (C=O) groups is 1. The second kappa shape index (κ2) is 7.15. The molecule has 6 heteroatoms. The molecular weight excluding hydrogens is 328 g/mol. The predicted octanol–water partition coefficient (Wildman–Crippen LogP) is 2.81. The van der Waals surface area contributed by atoms with E-state index in [0.29, 0.717) is 31.3 Å². The van der Waals surface area contributed by atoms with E-state index in [2.05, 4.69) is 16.0 Å². The fourth-order valence-electron chi connectivity index (χ4n) is 3.42. The van der Waals surface area contributed by atoms with E-state index < -0.39 is 0 Å². The van der Waals surface area contributed by atoms with Gasteiger partial charge in [-0.05, 0) is 24.4 Å². The molecule has 134 valence electrons. The topological polar surface area (TPSA) is 60.2 Å². The highest BCUT2D eigenvalue weighted by Gasteiger charge is 2.24. The van der Waals surface area contributed by atoms with Crippen LogP contribution in [-0.2, 0) is 11.3 Å². The summed E-state index contributed by atoms with van der Waals surface area (Å²) in [5, 5.41) is 1.16. The Balaban J connectivity index is 1.33. The molecule has 1 aliphatic rings. The lowest BCUT2D eigenvalue weighted by Crippen LogP contribution is -2.43. The molecule has 1 amide bonds. The van der Waals surface area contributed by atoms with Crippen LogP contribution in [-0.4, -0.2) is 44.5 Å². The molecule has 4 rings (SSSR count). The van der Waals surface area contributed by atoms with Crippen LogP contribution >= 0.6 is 0 Å². The lowest BCUT2D eigenvalue weighted by atomic mass is 10.1. The van der Waals surface area contributed by atoms with Crippen molar-refractivity contribution >= 4 is 16.8 Å². The summed E-state index contributed by atoms with van der Waals surface area (Å²) in [6.45, 7) is 3.66. The van der Waals surface area contributed by atoms with Gasteiger partial charge < -0.3 is 14.2 Å². The number of amides is 1. The van der Waals surface area contributed by atoms with Crippen LogP contribution in [0.4, 0.5) is 0 Å². The number of nitrogens with zero attached hydrogens (tertiary/aromatic N) is 4. The Morgan fingerprint density at radius 3 is 2.81 bits per heavy atom. The Kier molecular flexibility index (Phi) is 4.56. The number of carbonyl (C=O) groups excluding carboxylic acids is 1. The number of rotatable bonds is 4. The number of hydrogen-bond acceptors (Lipinski definition) is 4. The van der Waals surface area contributed by atoms with E-state index in [1.807, 2.05) is 46.9 Å². The van der Waals surface area contributed by atoms with Crippen LogP contribution < -0.4 is 4.74 Å². The highest BCUT2D eigenvalue weighted by atomic mass is 16.5. The van der Waals surface area contributed by atoms with Crippen LogP contribution in [0.1, 0.15) is 18.7 Å². The molecule has 1 saturated heterocycles. The van der Waals surface area contributed by atoms with Crippen molar-refractivity contribution in [3.05, 3.63) is 54.6 Å². The van der Waals surface area contributed by atoms with Gasteiger partial charge in [-0.15, -0.1) is 0 Å². The molecule has 1 aromatic carbocycles. The van der Waals surface area contributed by atoms with Gasteiger partial charge in [-0.1, -0.05) is 18.2 Å². The van der Waals surface area contributed by atoms with Crippen molar-refractivity contribution in [2.45, 2.75) is 32.4 Å². The van der Waals surface area contributed by atoms with Gasteiger partial charge in [0.1, 0.15) is 18.5 Å². The van der Waals surface area contributed by atoms with Gasteiger partial charge >= 0.3 is 0 Å². The number of aryl methyl sites for hydroxylation is 1. The molecule has 0 N–H and O–H groups in total. The highest BCUT2D eigenvalue weighted by molar-refractivity contribution is 5.83. The average molecular weight is 350 g/mol. The van der Waals surface area contributed by atoms with Crippen LogP contribution in [0.3, 0.4) is 0 Å². The molecule has 3 heterocycles. The molecule has 0 saturated carbocycles. The van der Waals surface area contributed by atoms with E-state index in [9.17, 15) is 4.79 Å². The first-order valence-electron chi connectivity index (χ1n) is 8.97. The zero-order valence-electron chi connectivity index (χ0n) is 14.8. The number of hydrogen-bond donors (Lipinski definition) is 0. The normalized spacial score (nSPS) is 15.3. The fourth-order valence-corrected chi connectivity index (χ4v) is 3.42. The van der Waals surface area contributed by atoms with Crippen LogP contribution in [0.25, 0.3) is 10.9 Å². The van der Waals surface area contributed by atoms with E-state index in [1.165, 1.54) is 0 Å². The number of benzene rings is 1. The summed E-state index contributed by atoms with van der Waals surface area (Å²) in [4.78, 5) is 23.0. The summed E-state index contributed by atoms with van der Waals surface area (Å²) in [5.41, 5.74) is 1.10. The van der Waals surface area contributed by atoms with Gasteiger partial charge in [0, 0.05) is 49.9 Å². The highest BCUT2D eigenvalue weighted by Crippen LogP contribution is 2.19. The maximum Gasteiger partial charge on any atom is 0.242 e. The van der Waals surface area contributed by atoms with E-state index in [4.69, 9.17) is 4.74 Å². The molecular formula is C20H22N4O2. The summed E-state index contributed by atoms with van der Waals surface area (Å²) in [6.07, 6.45) is 5.43. The van der Waals surface area contributed by atoms with E-state index in [-0.39, 0.29) is 12.0 Å². The third kappa shape index (κ3) is 3.54. The lowest BCUT2D eigenvalue weighted by molar-refractivity contribution is -0.133. The predicted molar refractivity (Wildman–Crippen MR) is 98.9 cm³/mol. The van der Waals surface area contributed by atoms with Gasteiger partial charge in [-0.3, -0.25) is 4.79 Å². The zero-order chi connectivity index (χ0) is 17.9. The second-order valence-electron chi connectivity index (χ2n) is 6.64. The molecule has 3 aromatic rings. The summed E-state index contributed by atoms with van der Waals surface area (Å²) < 4.78 is 7.95. The molecule has 0 unspecified atom stereocenters. The molecule has 0 atom stereocenters. The van der Waals surface area contributed by atoms with Gasteiger partial charge in [-0.25, -0.2) is 4.98 Å². The van der Waals surface area contributed by atoms with E-state index in [1.54, 1.807) is 12.3 Å². The standard InChI is InChI=1S/C20H22N4O2/c1-15-21-10-6-19(22-15)26-17-8-12-23(13-9-17)20(25)14-24-11-7-16-4-2-3-5-18(16)24/h2-7,10-11,17H,8-9,12-14H2,1H3. The number of para-hydroxylation sites is 1. The second-order valence-corrected chi connectivity index (χ2v) is 6.64. The van der Waals surface area contributed by atoms with Gasteiger partial charge in [0.25, 0.3) is 0 Å². The molecule has 0 aliphatic carbocycles. The molecule has 1 aliphatic heterocycles. The summed E-state index contributed by atoms with van der Waals surface area (Å²) in [5.74, 6) is 1.47. The van der Waals surface area contributed by atoms with Gasteiger partial charge in [0.05, 0.1) is 0 Å². The van der Waals surface area contributed by atoms with Crippen molar-refractivity contribution in [1.29, 1.82) is 0 Å². The Bertz CT molecular complexity index is 913. The first kappa shape index (κ1) is 16.6. The van der Waals surface area contributed by atoms with Crippen molar-refractivity contribution in [3.63, 3.8) is 0 Å². The van der Waals surface area contributed by atoms with Gasteiger partial charge in [-0.2, -0.15) is 4.98 Å². The van der Waals surface area contributed by atoms with Crippen molar-refractivity contribution in [3.8, 4) is 5.88 Å². The SMILES string of the molecule is Cc1nccc(OC2CCN(C(=O)Cn3ccc4ccccc43)CC2)n1. The van der Waals surface area contributed by atoms with Crippen molar-refractivity contribution in [1.82, 2.24) is 19.4 Å². The van der Waals surface area contributed by atoms with E-state index in [0.717, 1.165) is 23.7 Å². The maximum absolute atomic E-state index is 12.7. The Hall–Kier alpha value is -2.89. The lowest BCUT2D eigenvalue weighted by Gasteiger charge is -2.32. The molecule has 26 heavy (non-hydrogen) atoms. The minimum absolute atomic E-state index is 0.0979. The smallest absolute Gasteiger partial charge is 0.242 e. The maximum atomic E-state index is 12.7.